The Morgan fingerprint density at radius 2 is 2.00 bits per heavy atom. The molecule has 10 nitrogen and oxygen atoms in total. The highest BCUT2D eigenvalue weighted by molar-refractivity contribution is 7.98. The van der Waals surface area contributed by atoms with Crippen LogP contribution in [-0.4, -0.2) is 78.7 Å². The molecule has 0 bridgehead atoms. The molecule has 0 spiro atoms. The van der Waals surface area contributed by atoms with Crippen molar-refractivity contribution in [1.82, 2.24) is 15.5 Å². The number of hydrogen-bond donors (Lipinski definition) is 2. The standard InChI is InChI=1S/C22H27N3O7S/c1-13(26)25-9-5-8-18(25)20(28)23-16-10-32-21(29)15-7-4-3-6-14(15)11-33-12-17(22(30)31-2)24-19(16)27/h3-4,6-7,16-18H,5,8-12H2,1-2H3,(H,23,28)(H,24,27)/t16-,17+,18+/m1/s1. The molecule has 0 radical (unpaired) electrons. The SMILES string of the molecule is COC(=O)[C@@H]1CSCc2ccccc2C(=O)OC[C@@H](NC(=O)[C@@H]2CCCN2C(C)=O)C(=O)N1. The van der Waals surface area contributed by atoms with Crippen molar-refractivity contribution in [3.05, 3.63) is 35.4 Å². The third-order valence-corrected chi connectivity index (χ3v) is 6.64. The number of fused-ring (bicyclic) bond motifs is 1. The summed E-state index contributed by atoms with van der Waals surface area (Å²) in [6, 6.07) is 4.00. The third kappa shape index (κ3) is 6.04. The lowest BCUT2D eigenvalue weighted by atomic mass is 10.1. The second-order valence-corrected chi connectivity index (χ2v) is 8.82. The van der Waals surface area contributed by atoms with E-state index in [1.807, 2.05) is 0 Å². The average molecular weight is 478 g/mol. The van der Waals surface area contributed by atoms with Crippen LogP contribution < -0.4 is 10.6 Å². The molecule has 178 valence electrons. The van der Waals surface area contributed by atoms with E-state index in [-0.39, 0.29) is 11.7 Å². The van der Waals surface area contributed by atoms with Crippen LogP contribution in [0.4, 0.5) is 0 Å². The molecule has 3 atom stereocenters. The van der Waals surface area contributed by atoms with E-state index in [0.717, 1.165) is 5.56 Å². The van der Waals surface area contributed by atoms with Crippen LogP contribution in [0.25, 0.3) is 0 Å². The largest absolute Gasteiger partial charge is 0.467 e. The number of methoxy groups -OCH3 is 1. The number of rotatable bonds is 3. The summed E-state index contributed by atoms with van der Waals surface area (Å²) in [5, 5.41) is 5.17. The summed E-state index contributed by atoms with van der Waals surface area (Å²) in [6.07, 6.45) is 1.14. The van der Waals surface area contributed by atoms with Gasteiger partial charge in [0.1, 0.15) is 24.7 Å². The van der Waals surface area contributed by atoms with Crippen LogP contribution in [0.2, 0.25) is 0 Å². The van der Waals surface area contributed by atoms with E-state index in [2.05, 4.69) is 10.6 Å². The van der Waals surface area contributed by atoms with Crippen molar-refractivity contribution < 1.29 is 33.4 Å². The first kappa shape index (κ1) is 24.6. The first-order chi connectivity index (χ1) is 15.8. The number of benzene rings is 1. The summed E-state index contributed by atoms with van der Waals surface area (Å²) in [5.41, 5.74) is 1.08. The maximum Gasteiger partial charge on any atom is 0.338 e. The number of nitrogens with zero attached hydrogens (tertiary/aromatic N) is 1. The number of carbonyl (C=O) groups is 5. The summed E-state index contributed by atoms with van der Waals surface area (Å²) in [6.45, 7) is 1.41. The van der Waals surface area contributed by atoms with Crippen LogP contribution in [0.15, 0.2) is 24.3 Å². The van der Waals surface area contributed by atoms with Gasteiger partial charge in [-0.05, 0) is 24.5 Å². The zero-order chi connectivity index (χ0) is 24.0. The molecule has 2 heterocycles. The van der Waals surface area contributed by atoms with Crippen LogP contribution in [0.1, 0.15) is 35.7 Å². The molecule has 11 heteroatoms. The zero-order valence-corrected chi connectivity index (χ0v) is 19.3. The summed E-state index contributed by atoms with van der Waals surface area (Å²) in [7, 11) is 1.22. The molecule has 2 N–H and O–H groups in total. The van der Waals surface area contributed by atoms with Crippen molar-refractivity contribution in [1.29, 1.82) is 0 Å². The van der Waals surface area contributed by atoms with Gasteiger partial charge in [-0.15, -0.1) is 0 Å². The Balaban J connectivity index is 1.83. The van der Waals surface area contributed by atoms with Gasteiger partial charge in [-0.3, -0.25) is 14.4 Å². The van der Waals surface area contributed by atoms with Crippen LogP contribution in [0.3, 0.4) is 0 Å². The molecule has 3 rings (SSSR count). The Morgan fingerprint density at radius 1 is 1.24 bits per heavy atom. The molecule has 1 saturated heterocycles. The van der Waals surface area contributed by atoms with Crippen LogP contribution in [0, 0.1) is 0 Å². The minimum atomic E-state index is -1.25. The minimum Gasteiger partial charge on any atom is -0.467 e. The number of esters is 2. The van der Waals surface area contributed by atoms with E-state index >= 15 is 0 Å². The van der Waals surface area contributed by atoms with Crippen LogP contribution >= 0.6 is 11.8 Å². The van der Waals surface area contributed by atoms with Gasteiger partial charge in [0.15, 0.2) is 0 Å². The molecule has 2 aliphatic heterocycles. The molecule has 1 aromatic carbocycles. The van der Waals surface area contributed by atoms with Crippen LogP contribution in [0.5, 0.6) is 0 Å². The van der Waals surface area contributed by atoms with Gasteiger partial charge in [0.05, 0.1) is 12.7 Å². The molecule has 1 aromatic rings. The number of hydrogen-bond acceptors (Lipinski definition) is 8. The maximum absolute atomic E-state index is 13.0. The Morgan fingerprint density at radius 3 is 2.73 bits per heavy atom. The lowest BCUT2D eigenvalue weighted by Crippen LogP contribution is -2.57. The minimum absolute atomic E-state index is 0.212. The molecular formula is C22H27N3O7S. The van der Waals surface area contributed by atoms with E-state index in [4.69, 9.17) is 9.47 Å². The number of carbonyl (C=O) groups excluding carboxylic acids is 5. The highest BCUT2D eigenvalue weighted by Gasteiger charge is 2.36. The van der Waals surface area contributed by atoms with Crippen LogP contribution in [-0.2, 0) is 34.4 Å². The number of ether oxygens (including phenoxy) is 2. The molecule has 2 aliphatic rings. The fraction of sp³-hybridized carbons (Fsp3) is 0.500. The second kappa shape index (κ2) is 11.2. The number of cyclic esters (lactones) is 1. The molecule has 1 fully saturated rings. The van der Waals surface area contributed by atoms with E-state index in [1.165, 1.54) is 30.7 Å². The smallest absolute Gasteiger partial charge is 0.338 e. The van der Waals surface area contributed by atoms with Crippen molar-refractivity contribution in [2.45, 2.75) is 43.6 Å². The van der Waals surface area contributed by atoms with Gasteiger partial charge in [0.2, 0.25) is 17.7 Å². The molecule has 0 aliphatic carbocycles. The fourth-order valence-electron chi connectivity index (χ4n) is 3.82. The molecule has 0 aromatic heterocycles. The van der Waals surface area contributed by atoms with E-state index in [9.17, 15) is 24.0 Å². The molecular weight excluding hydrogens is 450 g/mol. The van der Waals surface area contributed by atoms with Crippen molar-refractivity contribution in [2.75, 3.05) is 26.0 Å². The van der Waals surface area contributed by atoms with E-state index < -0.39 is 48.5 Å². The topological polar surface area (TPSA) is 131 Å². The first-order valence-electron chi connectivity index (χ1n) is 10.6. The molecule has 0 saturated carbocycles. The third-order valence-electron chi connectivity index (χ3n) is 5.56. The zero-order valence-electron chi connectivity index (χ0n) is 18.5. The first-order valence-corrected chi connectivity index (χ1v) is 11.8. The summed E-state index contributed by atoms with van der Waals surface area (Å²) < 4.78 is 10.2. The van der Waals surface area contributed by atoms with Crippen molar-refractivity contribution in [3.63, 3.8) is 0 Å². The number of amides is 3. The van der Waals surface area contributed by atoms with Gasteiger partial charge in [-0.1, -0.05) is 18.2 Å². The van der Waals surface area contributed by atoms with Crippen molar-refractivity contribution in [2.24, 2.45) is 0 Å². The second-order valence-electron chi connectivity index (χ2n) is 7.79. The Labute approximate surface area is 195 Å². The van der Waals surface area contributed by atoms with Crippen molar-refractivity contribution >= 4 is 41.4 Å². The maximum atomic E-state index is 13.0. The monoisotopic (exact) mass is 477 g/mol. The molecule has 3 amide bonds. The number of likely N-dealkylation sites (tertiary alicyclic amines) is 1. The van der Waals surface area contributed by atoms with E-state index in [0.29, 0.717) is 30.7 Å². The van der Waals surface area contributed by atoms with Gasteiger partial charge >= 0.3 is 11.9 Å². The number of nitrogens with one attached hydrogen (secondary N) is 2. The summed E-state index contributed by atoms with van der Waals surface area (Å²) in [5.74, 6) is -2.04. The van der Waals surface area contributed by atoms with Crippen molar-refractivity contribution in [3.8, 4) is 0 Å². The number of thioether (sulfide) groups is 1. The summed E-state index contributed by atoms with van der Waals surface area (Å²) in [4.78, 5) is 64.0. The Kier molecular flexibility index (Phi) is 8.32. The lowest BCUT2D eigenvalue weighted by Gasteiger charge is -2.26. The van der Waals surface area contributed by atoms with E-state index in [1.54, 1.807) is 24.3 Å². The van der Waals surface area contributed by atoms with Gasteiger partial charge < -0.3 is 25.0 Å². The highest BCUT2D eigenvalue weighted by Crippen LogP contribution is 2.20. The normalized spacial score (nSPS) is 23.8. The lowest BCUT2D eigenvalue weighted by molar-refractivity contribution is -0.145. The predicted octanol–water partition coefficient (Wildman–Crippen LogP) is 0.244. The van der Waals surface area contributed by atoms with Gasteiger partial charge in [-0.2, -0.15) is 11.8 Å². The van der Waals surface area contributed by atoms with Gasteiger partial charge in [0, 0.05) is 25.0 Å². The Bertz CT molecular complexity index is 938. The highest BCUT2D eigenvalue weighted by atomic mass is 32.2. The summed E-state index contributed by atoms with van der Waals surface area (Å²) >= 11 is 1.35. The predicted molar refractivity (Wildman–Crippen MR) is 119 cm³/mol. The average Bonchev–Trinajstić information content (AvgIpc) is 3.30. The fourth-order valence-corrected chi connectivity index (χ4v) is 4.86. The van der Waals surface area contributed by atoms with Gasteiger partial charge in [0.25, 0.3) is 0 Å². The quantitative estimate of drug-likeness (QED) is 0.592. The molecule has 33 heavy (non-hydrogen) atoms. The Hall–Kier alpha value is -3.08. The van der Waals surface area contributed by atoms with Gasteiger partial charge in [-0.25, -0.2) is 9.59 Å². The molecule has 0 unspecified atom stereocenters.